The summed E-state index contributed by atoms with van der Waals surface area (Å²) in [5.74, 6) is 1.49. The first-order valence-corrected chi connectivity index (χ1v) is 8.02. The number of methoxy groups -OCH3 is 1. The van der Waals surface area contributed by atoms with Crippen molar-refractivity contribution in [3.05, 3.63) is 29.6 Å². The van der Waals surface area contributed by atoms with Crippen LogP contribution in [0.2, 0.25) is 0 Å². The van der Waals surface area contributed by atoms with Crippen LogP contribution < -0.4 is 4.74 Å². The third kappa shape index (κ3) is 3.50. The SMILES string of the molecule is CCC1CCC(Br)C(Cc2cccc(OC)c2F)C1. The fourth-order valence-electron chi connectivity index (χ4n) is 3.06. The third-order valence-corrected chi connectivity index (χ3v) is 5.53. The standard InChI is InChI=1S/C16H22BrFO/c1-3-11-7-8-14(17)13(9-11)10-12-5-4-6-15(19-2)16(12)18/h4-6,11,13-14H,3,7-10H2,1-2H3. The van der Waals surface area contributed by atoms with Gasteiger partial charge in [-0.2, -0.15) is 0 Å². The van der Waals surface area contributed by atoms with Gasteiger partial charge in [0.25, 0.3) is 0 Å². The molecule has 1 saturated carbocycles. The second kappa shape index (κ2) is 6.74. The van der Waals surface area contributed by atoms with Crippen molar-refractivity contribution in [3.63, 3.8) is 0 Å². The van der Waals surface area contributed by atoms with Crippen molar-refractivity contribution in [1.29, 1.82) is 0 Å². The highest BCUT2D eigenvalue weighted by Gasteiger charge is 2.29. The molecule has 106 valence electrons. The van der Waals surface area contributed by atoms with E-state index in [2.05, 4.69) is 22.9 Å². The summed E-state index contributed by atoms with van der Waals surface area (Å²) in [5, 5.41) is 0. The summed E-state index contributed by atoms with van der Waals surface area (Å²) in [4.78, 5) is 0.515. The third-order valence-electron chi connectivity index (χ3n) is 4.32. The van der Waals surface area contributed by atoms with Gasteiger partial charge in [0, 0.05) is 4.83 Å². The van der Waals surface area contributed by atoms with E-state index >= 15 is 0 Å². The molecule has 0 heterocycles. The molecule has 19 heavy (non-hydrogen) atoms. The van der Waals surface area contributed by atoms with Crippen LogP contribution in [0.4, 0.5) is 4.39 Å². The van der Waals surface area contributed by atoms with Crippen molar-refractivity contribution in [2.45, 2.75) is 43.9 Å². The van der Waals surface area contributed by atoms with E-state index in [0.717, 1.165) is 17.9 Å². The van der Waals surface area contributed by atoms with Crippen LogP contribution >= 0.6 is 15.9 Å². The molecule has 3 unspecified atom stereocenters. The minimum absolute atomic E-state index is 0.191. The average molecular weight is 329 g/mol. The first-order valence-electron chi connectivity index (χ1n) is 7.11. The topological polar surface area (TPSA) is 9.23 Å². The van der Waals surface area contributed by atoms with Crippen LogP contribution in [0.5, 0.6) is 5.75 Å². The minimum atomic E-state index is -0.191. The van der Waals surface area contributed by atoms with E-state index < -0.39 is 0 Å². The lowest BCUT2D eigenvalue weighted by molar-refractivity contribution is 0.269. The number of benzene rings is 1. The van der Waals surface area contributed by atoms with Crippen molar-refractivity contribution < 1.29 is 9.13 Å². The summed E-state index contributed by atoms with van der Waals surface area (Å²) in [6.07, 6.45) is 5.73. The zero-order chi connectivity index (χ0) is 13.8. The molecule has 0 amide bonds. The molecule has 0 radical (unpaired) electrons. The van der Waals surface area contributed by atoms with Gasteiger partial charge in [-0.1, -0.05) is 41.4 Å². The van der Waals surface area contributed by atoms with Gasteiger partial charge in [-0.05, 0) is 49.1 Å². The molecule has 1 aromatic carbocycles. The molecule has 0 saturated heterocycles. The lowest BCUT2D eigenvalue weighted by Gasteiger charge is -2.33. The fraction of sp³-hybridized carbons (Fsp3) is 0.625. The van der Waals surface area contributed by atoms with E-state index in [1.807, 2.05) is 12.1 Å². The Kier molecular flexibility index (Phi) is 5.26. The Bertz CT molecular complexity index is 421. The van der Waals surface area contributed by atoms with Crippen molar-refractivity contribution in [3.8, 4) is 5.75 Å². The quantitative estimate of drug-likeness (QED) is 0.709. The average Bonchev–Trinajstić information content (AvgIpc) is 2.43. The Hall–Kier alpha value is -0.570. The number of ether oxygens (including phenoxy) is 1. The van der Waals surface area contributed by atoms with Crippen LogP contribution in [0.3, 0.4) is 0 Å². The number of alkyl halides is 1. The van der Waals surface area contributed by atoms with Crippen molar-refractivity contribution in [1.82, 2.24) is 0 Å². The van der Waals surface area contributed by atoms with Crippen LogP contribution in [0.1, 0.15) is 38.2 Å². The van der Waals surface area contributed by atoms with E-state index in [9.17, 15) is 4.39 Å². The highest BCUT2D eigenvalue weighted by molar-refractivity contribution is 9.09. The van der Waals surface area contributed by atoms with Crippen LogP contribution in [0, 0.1) is 17.7 Å². The van der Waals surface area contributed by atoms with Gasteiger partial charge in [-0.15, -0.1) is 0 Å². The lowest BCUT2D eigenvalue weighted by Crippen LogP contribution is -2.26. The maximum Gasteiger partial charge on any atom is 0.168 e. The van der Waals surface area contributed by atoms with Gasteiger partial charge < -0.3 is 4.74 Å². The number of halogens is 2. The molecule has 1 aromatic rings. The highest BCUT2D eigenvalue weighted by Crippen LogP contribution is 2.38. The molecule has 1 fully saturated rings. The zero-order valence-electron chi connectivity index (χ0n) is 11.7. The van der Waals surface area contributed by atoms with Gasteiger partial charge in [-0.25, -0.2) is 4.39 Å². The predicted molar refractivity (Wildman–Crippen MR) is 80.5 cm³/mol. The zero-order valence-corrected chi connectivity index (χ0v) is 13.2. The summed E-state index contributed by atoms with van der Waals surface area (Å²) in [7, 11) is 1.52. The van der Waals surface area contributed by atoms with Crippen LogP contribution in [-0.2, 0) is 6.42 Å². The van der Waals surface area contributed by atoms with E-state index in [0.29, 0.717) is 16.5 Å². The van der Waals surface area contributed by atoms with E-state index in [-0.39, 0.29) is 5.82 Å². The van der Waals surface area contributed by atoms with Gasteiger partial charge in [-0.3, -0.25) is 0 Å². The number of rotatable bonds is 4. The molecule has 0 N–H and O–H groups in total. The highest BCUT2D eigenvalue weighted by atomic mass is 79.9. The van der Waals surface area contributed by atoms with Gasteiger partial charge >= 0.3 is 0 Å². The van der Waals surface area contributed by atoms with E-state index in [4.69, 9.17) is 4.74 Å². The molecule has 1 aliphatic rings. The number of hydrogen-bond donors (Lipinski definition) is 0. The first kappa shape index (κ1) is 14.8. The fourth-order valence-corrected chi connectivity index (χ4v) is 3.73. The van der Waals surface area contributed by atoms with Crippen LogP contribution in [-0.4, -0.2) is 11.9 Å². The second-order valence-corrected chi connectivity index (χ2v) is 6.68. The predicted octanol–water partition coefficient (Wildman–Crippen LogP) is 4.97. The Morgan fingerprint density at radius 1 is 1.37 bits per heavy atom. The van der Waals surface area contributed by atoms with Gasteiger partial charge in [0.2, 0.25) is 0 Å². The largest absolute Gasteiger partial charge is 0.494 e. The van der Waals surface area contributed by atoms with Crippen molar-refractivity contribution >= 4 is 15.9 Å². The molecule has 0 spiro atoms. The second-order valence-electron chi connectivity index (χ2n) is 5.50. The van der Waals surface area contributed by atoms with Gasteiger partial charge in [0.05, 0.1) is 7.11 Å². The molecule has 0 aromatic heterocycles. The van der Waals surface area contributed by atoms with E-state index in [1.165, 1.54) is 32.8 Å². The smallest absolute Gasteiger partial charge is 0.168 e. The molecule has 3 heteroatoms. The summed E-state index contributed by atoms with van der Waals surface area (Å²) in [6, 6.07) is 5.44. The van der Waals surface area contributed by atoms with E-state index in [1.54, 1.807) is 6.07 Å². The molecule has 3 atom stereocenters. The normalized spacial score (nSPS) is 27.3. The van der Waals surface area contributed by atoms with Gasteiger partial charge in [0.1, 0.15) is 0 Å². The summed E-state index contributed by atoms with van der Waals surface area (Å²) in [6.45, 7) is 2.25. The Balaban J connectivity index is 2.11. The first-order chi connectivity index (χ1) is 9.15. The van der Waals surface area contributed by atoms with Crippen LogP contribution in [0.15, 0.2) is 18.2 Å². The molecular weight excluding hydrogens is 307 g/mol. The molecule has 1 aliphatic carbocycles. The summed E-state index contributed by atoms with van der Waals surface area (Å²) < 4.78 is 19.3. The minimum Gasteiger partial charge on any atom is -0.494 e. The Labute approximate surface area is 123 Å². The van der Waals surface area contributed by atoms with Crippen molar-refractivity contribution in [2.75, 3.05) is 7.11 Å². The molecule has 0 aliphatic heterocycles. The van der Waals surface area contributed by atoms with Gasteiger partial charge in [0.15, 0.2) is 11.6 Å². The molecule has 2 rings (SSSR count). The van der Waals surface area contributed by atoms with Crippen LogP contribution in [0.25, 0.3) is 0 Å². The Morgan fingerprint density at radius 2 is 2.16 bits per heavy atom. The summed E-state index contributed by atoms with van der Waals surface area (Å²) >= 11 is 3.78. The lowest BCUT2D eigenvalue weighted by atomic mass is 9.77. The monoisotopic (exact) mass is 328 g/mol. The van der Waals surface area contributed by atoms with Crippen molar-refractivity contribution in [2.24, 2.45) is 11.8 Å². The maximum absolute atomic E-state index is 14.2. The molecular formula is C16H22BrFO. The maximum atomic E-state index is 14.2. The summed E-state index contributed by atoms with van der Waals surface area (Å²) in [5.41, 5.74) is 0.783. The number of hydrogen-bond acceptors (Lipinski definition) is 1. The molecule has 1 nitrogen and oxygen atoms in total. The molecule has 0 bridgehead atoms. The Morgan fingerprint density at radius 3 is 2.84 bits per heavy atom.